The van der Waals surface area contributed by atoms with Crippen molar-refractivity contribution in [3.8, 4) is 0 Å². The highest BCUT2D eigenvalue weighted by Gasteiger charge is 2.22. The summed E-state index contributed by atoms with van der Waals surface area (Å²) in [5.74, 6) is -1.48. The Hall–Kier alpha value is -1.96. The maximum absolute atomic E-state index is 13.9. The lowest BCUT2D eigenvalue weighted by molar-refractivity contribution is 0.0379. The molecule has 0 saturated carbocycles. The van der Waals surface area contributed by atoms with Crippen molar-refractivity contribution in [3.63, 3.8) is 0 Å². The predicted molar refractivity (Wildman–Crippen MR) is 99.6 cm³/mol. The maximum atomic E-state index is 13.9. The number of carbonyl (C=O) groups excluding carboxylic acids is 2. The van der Waals surface area contributed by atoms with Crippen LogP contribution < -0.4 is 5.32 Å². The molecule has 130 valence electrons. The monoisotopic (exact) mass is 397 g/mol. The van der Waals surface area contributed by atoms with Gasteiger partial charge in [0, 0.05) is 10.1 Å². The Morgan fingerprint density at radius 1 is 1.28 bits per heavy atom. The third-order valence-corrected chi connectivity index (χ3v) is 5.74. The van der Waals surface area contributed by atoms with Crippen molar-refractivity contribution in [1.29, 1.82) is 0 Å². The van der Waals surface area contributed by atoms with Crippen LogP contribution >= 0.6 is 34.3 Å². The first-order valence-electron chi connectivity index (χ1n) is 7.34. The smallest absolute Gasteiger partial charge is 0.341 e. The van der Waals surface area contributed by atoms with Gasteiger partial charge in [-0.15, -0.1) is 22.7 Å². The number of ether oxygens (including phenoxy) is 1. The molecule has 3 rings (SSSR count). The third-order valence-electron chi connectivity index (χ3n) is 3.27. The highest BCUT2D eigenvalue weighted by Crippen LogP contribution is 2.37. The summed E-state index contributed by atoms with van der Waals surface area (Å²) in [6.07, 6.45) is -0.268. The standard InChI is InChI=1S/C17H13ClFNO3S2/c1-8(2)23-17(22)9-6-7-24-16(9)20-15(21)14-13(18)12-10(19)4-3-5-11(12)25-14/h3-8H,1-2H3,(H,20,21). The topological polar surface area (TPSA) is 55.4 Å². The van der Waals surface area contributed by atoms with Crippen LogP contribution in [-0.4, -0.2) is 18.0 Å². The SMILES string of the molecule is CC(C)OC(=O)c1ccsc1NC(=O)c1sc2cccc(F)c2c1Cl. The van der Waals surface area contributed by atoms with Gasteiger partial charge >= 0.3 is 5.97 Å². The summed E-state index contributed by atoms with van der Waals surface area (Å²) in [7, 11) is 0. The molecule has 25 heavy (non-hydrogen) atoms. The molecule has 8 heteroatoms. The van der Waals surface area contributed by atoms with E-state index in [1.165, 1.54) is 17.4 Å². The van der Waals surface area contributed by atoms with Gasteiger partial charge < -0.3 is 10.1 Å². The largest absolute Gasteiger partial charge is 0.459 e. The summed E-state index contributed by atoms with van der Waals surface area (Å²) >= 11 is 8.49. The number of amides is 1. The van der Waals surface area contributed by atoms with E-state index < -0.39 is 17.7 Å². The fourth-order valence-electron chi connectivity index (χ4n) is 2.22. The Morgan fingerprint density at radius 3 is 2.72 bits per heavy atom. The average molecular weight is 398 g/mol. The minimum absolute atomic E-state index is 0.0680. The Kier molecular flexibility index (Phi) is 5.08. The first-order chi connectivity index (χ1) is 11.9. The van der Waals surface area contributed by atoms with E-state index in [1.54, 1.807) is 37.4 Å². The lowest BCUT2D eigenvalue weighted by Gasteiger charge is -2.09. The van der Waals surface area contributed by atoms with E-state index in [4.69, 9.17) is 16.3 Å². The number of anilines is 1. The van der Waals surface area contributed by atoms with E-state index in [0.717, 1.165) is 11.3 Å². The molecule has 0 radical (unpaired) electrons. The zero-order valence-electron chi connectivity index (χ0n) is 13.3. The summed E-state index contributed by atoms with van der Waals surface area (Å²) in [6, 6.07) is 6.13. The number of esters is 1. The molecule has 0 aliphatic heterocycles. The van der Waals surface area contributed by atoms with E-state index in [9.17, 15) is 14.0 Å². The van der Waals surface area contributed by atoms with Crippen molar-refractivity contribution in [2.24, 2.45) is 0 Å². The number of fused-ring (bicyclic) bond motifs is 1. The highest BCUT2D eigenvalue weighted by molar-refractivity contribution is 7.22. The van der Waals surface area contributed by atoms with Crippen LogP contribution in [0.4, 0.5) is 9.39 Å². The summed E-state index contributed by atoms with van der Waals surface area (Å²) in [6.45, 7) is 3.49. The van der Waals surface area contributed by atoms with Gasteiger partial charge in [0.2, 0.25) is 0 Å². The highest BCUT2D eigenvalue weighted by atomic mass is 35.5. The summed E-state index contributed by atoms with van der Waals surface area (Å²) in [5.41, 5.74) is 0.274. The number of carbonyl (C=O) groups is 2. The molecule has 2 aromatic heterocycles. The molecule has 0 atom stereocenters. The van der Waals surface area contributed by atoms with Gasteiger partial charge in [-0.1, -0.05) is 17.7 Å². The second-order valence-corrected chi connectivity index (χ2v) is 7.78. The van der Waals surface area contributed by atoms with Crippen LogP contribution in [0.1, 0.15) is 33.9 Å². The van der Waals surface area contributed by atoms with Gasteiger partial charge in [0.15, 0.2) is 0 Å². The van der Waals surface area contributed by atoms with E-state index >= 15 is 0 Å². The second kappa shape index (κ2) is 7.11. The molecule has 0 unspecified atom stereocenters. The predicted octanol–water partition coefficient (Wildman–Crippen LogP) is 5.57. The zero-order valence-corrected chi connectivity index (χ0v) is 15.7. The lowest BCUT2D eigenvalue weighted by Crippen LogP contribution is -2.15. The maximum Gasteiger partial charge on any atom is 0.341 e. The lowest BCUT2D eigenvalue weighted by atomic mass is 10.2. The van der Waals surface area contributed by atoms with Gasteiger partial charge in [0.25, 0.3) is 5.91 Å². The first-order valence-corrected chi connectivity index (χ1v) is 9.42. The van der Waals surface area contributed by atoms with E-state index in [2.05, 4.69) is 5.32 Å². The molecule has 0 bridgehead atoms. The molecule has 0 spiro atoms. The second-order valence-electron chi connectivity index (χ2n) is 5.43. The van der Waals surface area contributed by atoms with Crippen molar-refractivity contribution < 1.29 is 18.7 Å². The Labute approximate surface area is 156 Å². The average Bonchev–Trinajstić information content (AvgIpc) is 3.12. The first kappa shape index (κ1) is 17.8. The molecule has 2 heterocycles. The van der Waals surface area contributed by atoms with Crippen molar-refractivity contribution in [1.82, 2.24) is 0 Å². The number of hydrogen-bond acceptors (Lipinski definition) is 5. The number of benzene rings is 1. The van der Waals surface area contributed by atoms with Crippen molar-refractivity contribution >= 4 is 61.2 Å². The normalized spacial score (nSPS) is 11.1. The van der Waals surface area contributed by atoms with Gasteiger partial charge in [-0.2, -0.15) is 0 Å². The van der Waals surface area contributed by atoms with Gasteiger partial charge in [0.1, 0.15) is 15.7 Å². The number of thiophene rings is 2. The molecule has 0 aliphatic rings. The van der Waals surface area contributed by atoms with E-state index in [0.29, 0.717) is 9.70 Å². The molecule has 1 amide bonds. The van der Waals surface area contributed by atoms with Crippen LogP contribution in [0, 0.1) is 5.82 Å². The molecule has 4 nitrogen and oxygen atoms in total. The summed E-state index contributed by atoms with van der Waals surface area (Å²) in [5, 5.41) is 5.00. The van der Waals surface area contributed by atoms with Crippen LogP contribution in [0.3, 0.4) is 0 Å². The summed E-state index contributed by atoms with van der Waals surface area (Å²) in [4.78, 5) is 24.8. The van der Waals surface area contributed by atoms with Gasteiger partial charge in [0.05, 0.1) is 16.7 Å². The molecule has 1 N–H and O–H groups in total. The fraction of sp³-hybridized carbons (Fsp3) is 0.176. The number of nitrogens with one attached hydrogen (secondary N) is 1. The molecule has 0 fully saturated rings. The number of halogens is 2. The quantitative estimate of drug-likeness (QED) is 0.585. The minimum atomic E-state index is -0.514. The van der Waals surface area contributed by atoms with E-state index in [1.807, 2.05) is 0 Å². The Balaban J connectivity index is 1.89. The Morgan fingerprint density at radius 2 is 2.04 bits per heavy atom. The van der Waals surface area contributed by atoms with Gasteiger partial charge in [-0.25, -0.2) is 9.18 Å². The van der Waals surface area contributed by atoms with Gasteiger partial charge in [-0.3, -0.25) is 4.79 Å². The van der Waals surface area contributed by atoms with Gasteiger partial charge in [-0.05, 0) is 37.4 Å². The molecular formula is C17H13ClFNO3S2. The number of rotatable bonds is 4. The molecule has 0 aliphatic carbocycles. The zero-order chi connectivity index (χ0) is 18.1. The Bertz CT molecular complexity index is 964. The molecule has 0 saturated heterocycles. The van der Waals surface area contributed by atoms with Crippen molar-refractivity contribution in [3.05, 3.63) is 50.9 Å². The van der Waals surface area contributed by atoms with Crippen molar-refractivity contribution in [2.75, 3.05) is 5.32 Å². The third kappa shape index (κ3) is 3.53. The molecule has 3 aromatic rings. The number of hydrogen-bond donors (Lipinski definition) is 1. The van der Waals surface area contributed by atoms with Crippen LogP contribution in [0.2, 0.25) is 5.02 Å². The molecule has 1 aromatic carbocycles. The minimum Gasteiger partial charge on any atom is -0.459 e. The fourth-order valence-corrected chi connectivity index (χ4v) is 4.44. The van der Waals surface area contributed by atoms with Crippen molar-refractivity contribution in [2.45, 2.75) is 20.0 Å². The van der Waals surface area contributed by atoms with E-state index in [-0.39, 0.29) is 27.0 Å². The van der Waals surface area contributed by atoms with Crippen LogP contribution in [0.25, 0.3) is 10.1 Å². The van der Waals surface area contributed by atoms with Crippen LogP contribution in [0.15, 0.2) is 29.6 Å². The van der Waals surface area contributed by atoms with Crippen LogP contribution in [0.5, 0.6) is 0 Å². The molecular weight excluding hydrogens is 385 g/mol. The van der Waals surface area contributed by atoms with Crippen LogP contribution in [-0.2, 0) is 4.74 Å². The summed E-state index contributed by atoms with van der Waals surface area (Å²) < 4.78 is 19.7.